The van der Waals surface area contributed by atoms with Crippen molar-refractivity contribution < 1.29 is 19.1 Å². The molecule has 6 heteroatoms. The van der Waals surface area contributed by atoms with Crippen molar-refractivity contribution in [3.63, 3.8) is 0 Å². The van der Waals surface area contributed by atoms with Gasteiger partial charge in [0.15, 0.2) is 0 Å². The number of nitrogens with one attached hydrogen (secondary N) is 1. The molecule has 0 saturated heterocycles. The zero-order valence-electron chi connectivity index (χ0n) is 16.7. The minimum absolute atomic E-state index is 0.116. The summed E-state index contributed by atoms with van der Waals surface area (Å²) in [5, 5.41) is 2.79. The summed E-state index contributed by atoms with van der Waals surface area (Å²) in [5.74, 6) is -0.433. The van der Waals surface area contributed by atoms with E-state index in [0.29, 0.717) is 17.9 Å². The standard InChI is InChI=1S/C22H27NO4S/c1-5-26-19-9-7-6-8-18(19)21(24)23-20(15(2)3)22(25)27-14-16-10-12-17(28-4)13-11-16/h6-13,15,20H,5,14H2,1-4H3,(H,23,24)/t20-/m0/s1. The Balaban J connectivity index is 2.03. The molecule has 0 aliphatic heterocycles. The highest BCUT2D eigenvalue weighted by Gasteiger charge is 2.27. The number of rotatable bonds is 9. The van der Waals surface area contributed by atoms with E-state index < -0.39 is 12.0 Å². The number of carbonyl (C=O) groups is 2. The highest BCUT2D eigenvalue weighted by atomic mass is 32.2. The quantitative estimate of drug-likeness (QED) is 0.501. The molecular formula is C22H27NO4S. The van der Waals surface area contributed by atoms with Crippen LogP contribution in [0.3, 0.4) is 0 Å². The number of carbonyl (C=O) groups excluding carboxylic acids is 2. The lowest BCUT2D eigenvalue weighted by molar-refractivity contribution is -0.148. The number of thioether (sulfide) groups is 1. The fourth-order valence-corrected chi connectivity index (χ4v) is 3.03. The zero-order chi connectivity index (χ0) is 20.5. The predicted molar refractivity (Wildman–Crippen MR) is 112 cm³/mol. The van der Waals surface area contributed by atoms with Gasteiger partial charge in [-0.1, -0.05) is 38.1 Å². The molecule has 2 aromatic rings. The molecule has 1 atom stereocenters. The summed E-state index contributed by atoms with van der Waals surface area (Å²) < 4.78 is 11.0. The Morgan fingerprint density at radius 1 is 1.07 bits per heavy atom. The third-order valence-electron chi connectivity index (χ3n) is 4.18. The summed E-state index contributed by atoms with van der Waals surface area (Å²) in [6.45, 7) is 6.22. The Morgan fingerprint density at radius 3 is 2.36 bits per heavy atom. The molecule has 0 radical (unpaired) electrons. The third kappa shape index (κ3) is 6.02. The molecule has 0 aromatic heterocycles. The van der Waals surface area contributed by atoms with Gasteiger partial charge in [0, 0.05) is 4.90 Å². The molecule has 28 heavy (non-hydrogen) atoms. The van der Waals surface area contributed by atoms with Crippen molar-refractivity contribution in [1.82, 2.24) is 5.32 Å². The minimum atomic E-state index is -0.743. The normalized spacial score (nSPS) is 11.8. The molecule has 0 heterocycles. The van der Waals surface area contributed by atoms with Crippen LogP contribution in [0.25, 0.3) is 0 Å². The third-order valence-corrected chi connectivity index (χ3v) is 4.92. The Bertz CT molecular complexity index is 789. The first-order valence-electron chi connectivity index (χ1n) is 9.28. The number of hydrogen-bond donors (Lipinski definition) is 1. The minimum Gasteiger partial charge on any atom is -0.493 e. The van der Waals surface area contributed by atoms with Crippen molar-refractivity contribution in [2.75, 3.05) is 12.9 Å². The molecule has 150 valence electrons. The maximum Gasteiger partial charge on any atom is 0.329 e. The average molecular weight is 402 g/mol. The second-order valence-corrected chi connectivity index (χ2v) is 7.46. The van der Waals surface area contributed by atoms with Gasteiger partial charge in [-0.3, -0.25) is 4.79 Å². The SMILES string of the molecule is CCOc1ccccc1C(=O)N[C@H](C(=O)OCc1ccc(SC)cc1)C(C)C. The molecule has 0 saturated carbocycles. The topological polar surface area (TPSA) is 64.6 Å². The number of amides is 1. The summed E-state index contributed by atoms with van der Waals surface area (Å²) in [7, 11) is 0. The van der Waals surface area contributed by atoms with Crippen LogP contribution in [-0.2, 0) is 16.1 Å². The van der Waals surface area contributed by atoms with Crippen molar-refractivity contribution >= 4 is 23.6 Å². The molecule has 0 aliphatic rings. The van der Waals surface area contributed by atoms with Gasteiger partial charge < -0.3 is 14.8 Å². The number of esters is 1. The maximum absolute atomic E-state index is 12.7. The molecule has 2 rings (SSSR count). The van der Waals surface area contributed by atoms with Crippen LogP contribution in [0, 0.1) is 5.92 Å². The van der Waals surface area contributed by atoms with Crippen LogP contribution in [0.1, 0.15) is 36.7 Å². The van der Waals surface area contributed by atoms with Gasteiger partial charge in [0.25, 0.3) is 5.91 Å². The molecule has 0 spiro atoms. The summed E-state index contributed by atoms with van der Waals surface area (Å²) in [4.78, 5) is 26.4. The lowest BCUT2D eigenvalue weighted by Gasteiger charge is -2.21. The van der Waals surface area contributed by atoms with E-state index in [-0.39, 0.29) is 18.4 Å². The Kier molecular flexibility index (Phi) is 8.39. The molecule has 1 N–H and O–H groups in total. The molecular weight excluding hydrogens is 374 g/mol. The van der Waals surface area contributed by atoms with Crippen LogP contribution in [0.15, 0.2) is 53.4 Å². The van der Waals surface area contributed by atoms with Gasteiger partial charge in [-0.2, -0.15) is 0 Å². The van der Waals surface area contributed by atoms with E-state index in [1.807, 2.05) is 51.3 Å². The lowest BCUT2D eigenvalue weighted by Crippen LogP contribution is -2.45. The van der Waals surface area contributed by atoms with Gasteiger partial charge in [-0.25, -0.2) is 4.79 Å². The summed E-state index contributed by atoms with van der Waals surface area (Å²) in [6.07, 6.45) is 2.01. The van der Waals surface area contributed by atoms with E-state index in [9.17, 15) is 9.59 Å². The van der Waals surface area contributed by atoms with Gasteiger partial charge in [0.2, 0.25) is 0 Å². The van der Waals surface area contributed by atoms with Crippen LogP contribution in [0.4, 0.5) is 0 Å². The maximum atomic E-state index is 12.7. The lowest BCUT2D eigenvalue weighted by atomic mass is 10.0. The molecule has 0 aliphatic carbocycles. The number of hydrogen-bond acceptors (Lipinski definition) is 5. The summed E-state index contributed by atoms with van der Waals surface area (Å²) in [6, 6.07) is 14.1. The first-order valence-corrected chi connectivity index (χ1v) is 10.5. The molecule has 2 aromatic carbocycles. The van der Waals surface area contributed by atoms with Crippen LogP contribution < -0.4 is 10.1 Å². The van der Waals surface area contributed by atoms with E-state index >= 15 is 0 Å². The summed E-state index contributed by atoms with van der Waals surface area (Å²) in [5.41, 5.74) is 1.30. The van der Waals surface area contributed by atoms with E-state index in [1.165, 1.54) is 0 Å². The Morgan fingerprint density at radius 2 is 1.75 bits per heavy atom. The molecule has 5 nitrogen and oxygen atoms in total. The fraction of sp³-hybridized carbons (Fsp3) is 0.364. The van der Waals surface area contributed by atoms with Gasteiger partial charge in [-0.05, 0) is 48.9 Å². The first kappa shape index (κ1) is 21.8. The molecule has 0 bridgehead atoms. The second kappa shape index (κ2) is 10.8. The highest BCUT2D eigenvalue weighted by Crippen LogP contribution is 2.19. The largest absolute Gasteiger partial charge is 0.493 e. The van der Waals surface area contributed by atoms with Gasteiger partial charge in [0.1, 0.15) is 18.4 Å². The predicted octanol–water partition coefficient (Wildman–Crippen LogP) is 4.31. The van der Waals surface area contributed by atoms with Crippen molar-refractivity contribution in [2.45, 2.75) is 38.3 Å². The monoisotopic (exact) mass is 401 g/mol. The number of ether oxygens (including phenoxy) is 2. The van der Waals surface area contributed by atoms with Gasteiger partial charge in [0.05, 0.1) is 12.2 Å². The molecule has 1 amide bonds. The van der Waals surface area contributed by atoms with E-state index in [1.54, 1.807) is 36.0 Å². The van der Waals surface area contributed by atoms with Crippen molar-refractivity contribution in [1.29, 1.82) is 0 Å². The summed E-state index contributed by atoms with van der Waals surface area (Å²) >= 11 is 1.65. The van der Waals surface area contributed by atoms with Crippen molar-refractivity contribution in [3.8, 4) is 5.75 Å². The average Bonchev–Trinajstić information content (AvgIpc) is 2.70. The van der Waals surface area contributed by atoms with Crippen LogP contribution in [0.5, 0.6) is 5.75 Å². The smallest absolute Gasteiger partial charge is 0.329 e. The fourth-order valence-electron chi connectivity index (χ4n) is 2.62. The van der Waals surface area contributed by atoms with E-state index in [2.05, 4.69) is 5.32 Å². The number of benzene rings is 2. The Labute approximate surface area is 170 Å². The highest BCUT2D eigenvalue weighted by molar-refractivity contribution is 7.98. The zero-order valence-corrected chi connectivity index (χ0v) is 17.5. The Hall–Kier alpha value is -2.47. The van der Waals surface area contributed by atoms with Crippen molar-refractivity contribution in [3.05, 3.63) is 59.7 Å². The van der Waals surface area contributed by atoms with Gasteiger partial charge in [-0.15, -0.1) is 11.8 Å². The second-order valence-electron chi connectivity index (χ2n) is 6.58. The van der Waals surface area contributed by atoms with Crippen LogP contribution >= 0.6 is 11.8 Å². The van der Waals surface area contributed by atoms with Crippen LogP contribution in [-0.4, -0.2) is 30.8 Å². The van der Waals surface area contributed by atoms with E-state index in [0.717, 1.165) is 10.5 Å². The molecule has 0 fully saturated rings. The molecule has 0 unspecified atom stereocenters. The number of para-hydroxylation sites is 1. The van der Waals surface area contributed by atoms with Gasteiger partial charge >= 0.3 is 5.97 Å². The van der Waals surface area contributed by atoms with Crippen LogP contribution in [0.2, 0.25) is 0 Å². The van der Waals surface area contributed by atoms with Crippen molar-refractivity contribution in [2.24, 2.45) is 5.92 Å². The first-order chi connectivity index (χ1) is 13.5. The van der Waals surface area contributed by atoms with E-state index in [4.69, 9.17) is 9.47 Å².